The molecule has 7 heteroatoms. The van der Waals surface area contributed by atoms with Gasteiger partial charge in [0.25, 0.3) is 0 Å². The quantitative estimate of drug-likeness (QED) is 0.396. The van der Waals surface area contributed by atoms with Crippen LogP contribution in [-0.2, 0) is 0 Å². The zero-order chi connectivity index (χ0) is 22.6. The standard InChI is InChI=1S/C23H30BrN5O/c1-14(29(5)6)18-16(24)12-13-17(19(18)30)27-21(25)22(26)28-20(23(2,3)4)15-10-8-7-9-11-15/h7-13,20,30H,1H2,2-6H3,(H2,25,27)(H2,26,28)/p+1/t20-/m0/s1. The maximum atomic E-state index is 10.8. The second kappa shape index (κ2) is 9.34. The molecule has 6 nitrogen and oxygen atoms in total. The van der Waals surface area contributed by atoms with Gasteiger partial charge in [0.2, 0.25) is 5.84 Å². The molecule has 2 aromatic carbocycles. The highest BCUT2D eigenvalue weighted by atomic mass is 79.9. The maximum Gasteiger partial charge on any atom is 0.309 e. The SMILES string of the molecule is C=C(c1c(Br)ccc(N=C(N)C(N)=[NH+][C@@H](c2ccccc2)C(C)(C)C)c1O)N(C)C. The molecule has 0 bridgehead atoms. The molecule has 1 atom stereocenters. The van der Waals surface area contributed by atoms with Crippen LogP contribution in [0.1, 0.15) is 37.9 Å². The van der Waals surface area contributed by atoms with Gasteiger partial charge in [0.15, 0.2) is 5.75 Å². The Morgan fingerprint density at radius 3 is 2.27 bits per heavy atom. The Morgan fingerprint density at radius 2 is 1.73 bits per heavy atom. The Bertz CT molecular complexity index is 975. The van der Waals surface area contributed by atoms with E-state index in [1.165, 1.54) is 0 Å². The maximum absolute atomic E-state index is 10.8. The van der Waals surface area contributed by atoms with Gasteiger partial charge in [0.1, 0.15) is 11.7 Å². The first-order valence-corrected chi connectivity index (χ1v) is 10.4. The van der Waals surface area contributed by atoms with Crippen LogP contribution in [0.2, 0.25) is 0 Å². The van der Waals surface area contributed by atoms with Crippen molar-refractivity contribution >= 4 is 39.0 Å². The van der Waals surface area contributed by atoms with Crippen LogP contribution < -0.4 is 16.5 Å². The predicted octanol–water partition coefficient (Wildman–Crippen LogP) is 2.90. The van der Waals surface area contributed by atoms with Gasteiger partial charge in [-0.05, 0) is 33.6 Å². The number of hydrogen-bond acceptors (Lipinski definition) is 3. The van der Waals surface area contributed by atoms with Crippen molar-refractivity contribution in [2.24, 2.45) is 21.9 Å². The number of hydrogen-bond donors (Lipinski definition) is 4. The summed E-state index contributed by atoms with van der Waals surface area (Å²) in [5.74, 6) is 0.322. The number of halogens is 1. The molecule has 0 saturated heterocycles. The highest BCUT2D eigenvalue weighted by Crippen LogP contribution is 2.39. The molecule has 30 heavy (non-hydrogen) atoms. The molecule has 0 amide bonds. The summed E-state index contributed by atoms with van der Waals surface area (Å²) in [5.41, 5.74) is 14.9. The molecule has 0 aromatic heterocycles. The van der Waals surface area contributed by atoms with Crippen molar-refractivity contribution in [2.45, 2.75) is 26.8 Å². The van der Waals surface area contributed by atoms with Crippen molar-refractivity contribution in [2.75, 3.05) is 14.1 Å². The third-order valence-electron chi connectivity index (χ3n) is 4.75. The minimum Gasteiger partial charge on any atom is -0.505 e. The average molecular weight is 473 g/mol. The van der Waals surface area contributed by atoms with E-state index in [2.05, 4.69) is 53.3 Å². The van der Waals surface area contributed by atoms with Crippen LogP contribution in [0.15, 0.2) is 58.5 Å². The van der Waals surface area contributed by atoms with Crippen LogP contribution in [0, 0.1) is 5.41 Å². The minimum atomic E-state index is -0.122. The smallest absolute Gasteiger partial charge is 0.309 e. The Morgan fingerprint density at radius 1 is 1.13 bits per heavy atom. The number of nitrogens with zero attached hydrogens (tertiary/aromatic N) is 2. The number of rotatable bonds is 5. The second-order valence-electron chi connectivity index (χ2n) is 8.40. The lowest BCUT2D eigenvalue weighted by atomic mass is 9.83. The number of amidine groups is 2. The normalized spacial score (nSPS) is 13.8. The van der Waals surface area contributed by atoms with E-state index in [4.69, 9.17) is 11.5 Å². The van der Waals surface area contributed by atoms with Crippen LogP contribution in [0.3, 0.4) is 0 Å². The summed E-state index contributed by atoms with van der Waals surface area (Å²) in [7, 11) is 3.70. The predicted molar refractivity (Wildman–Crippen MR) is 129 cm³/mol. The van der Waals surface area contributed by atoms with Crippen LogP contribution >= 0.6 is 15.9 Å². The van der Waals surface area contributed by atoms with Crippen LogP contribution in [-0.4, -0.2) is 35.8 Å². The van der Waals surface area contributed by atoms with Crippen LogP contribution in [0.25, 0.3) is 5.70 Å². The summed E-state index contributed by atoms with van der Waals surface area (Å²) in [6.45, 7) is 10.4. The van der Waals surface area contributed by atoms with Crippen LogP contribution in [0.5, 0.6) is 5.75 Å². The number of nitrogens with one attached hydrogen (secondary N) is 1. The zero-order valence-electron chi connectivity index (χ0n) is 18.2. The molecule has 0 fully saturated rings. The van der Waals surface area contributed by atoms with Gasteiger partial charge in [-0.25, -0.2) is 4.99 Å². The molecule has 160 valence electrons. The molecule has 6 N–H and O–H groups in total. The van der Waals surface area contributed by atoms with Gasteiger partial charge < -0.3 is 15.7 Å². The summed E-state index contributed by atoms with van der Waals surface area (Å²) < 4.78 is 0.711. The Hall–Kier alpha value is -2.80. The van der Waals surface area contributed by atoms with E-state index in [-0.39, 0.29) is 28.9 Å². The molecular weight excluding hydrogens is 442 g/mol. The molecule has 0 heterocycles. The van der Waals surface area contributed by atoms with Crippen molar-refractivity contribution in [3.63, 3.8) is 0 Å². The van der Waals surface area contributed by atoms with Crippen molar-refractivity contribution < 1.29 is 10.1 Å². The summed E-state index contributed by atoms with van der Waals surface area (Å²) in [6, 6.07) is 13.4. The van der Waals surface area contributed by atoms with Gasteiger partial charge >= 0.3 is 5.84 Å². The van der Waals surface area contributed by atoms with Crippen molar-refractivity contribution in [1.82, 2.24) is 4.90 Å². The minimum absolute atomic E-state index is 0.0192. The summed E-state index contributed by atoms with van der Waals surface area (Å²) in [4.78, 5) is 9.48. The monoisotopic (exact) mass is 472 g/mol. The molecular formula is C23H31BrN5O+. The fourth-order valence-electron chi connectivity index (χ4n) is 3.01. The molecule has 0 aliphatic heterocycles. The molecule has 0 saturated carbocycles. The van der Waals surface area contributed by atoms with Gasteiger partial charge in [-0.2, -0.15) is 0 Å². The molecule has 0 aliphatic carbocycles. The van der Waals surface area contributed by atoms with E-state index in [0.29, 0.717) is 21.4 Å². The van der Waals surface area contributed by atoms with E-state index in [0.717, 1.165) is 5.56 Å². The molecule has 0 aliphatic rings. The lowest BCUT2D eigenvalue weighted by Gasteiger charge is -2.26. The number of aliphatic imine (C=N–C) groups is 1. The third kappa shape index (κ3) is 5.42. The number of phenolic OH excluding ortho intramolecular Hbond substituents is 1. The number of aromatic hydroxyl groups is 1. The lowest BCUT2D eigenvalue weighted by Crippen LogP contribution is -2.81. The van der Waals surface area contributed by atoms with E-state index in [9.17, 15) is 5.11 Å². The van der Waals surface area contributed by atoms with E-state index < -0.39 is 0 Å². The molecule has 2 aromatic rings. The van der Waals surface area contributed by atoms with Crippen molar-refractivity contribution in [1.29, 1.82) is 0 Å². The fourth-order valence-corrected chi connectivity index (χ4v) is 3.56. The number of nitrogens with two attached hydrogens (primary N) is 2. The Balaban J connectivity index is 2.47. The summed E-state index contributed by atoms with van der Waals surface area (Å²) >= 11 is 3.46. The Labute approximate surface area is 187 Å². The van der Waals surface area contributed by atoms with Crippen molar-refractivity contribution in [3.05, 3.63) is 64.6 Å². The lowest BCUT2D eigenvalue weighted by molar-refractivity contribution is -0.529. The second-order valence-corrected chi connectivity index (χ2v) is 9.25. The van der Waals surface area contributed by atoms with Gasteiger partial charge in [0, 0.05) is 29.7 Å². The van der Waals surface area contributed by atoms with Gasteiger partial charge in [-0.15, -0.1) is 0 Å². The van der Waals surface area contributed by atoms with E-state index >= 15 is 0 Å². The highest BCUT2D eigenvalue weighted by Gasteiger charge is 2.29. The van der Waals surface area contributed by atoms with Crippen molar-refractivity contribution in [3.8, 4) is 5.75 Å². The third-order valence-corrected chi connectivity index (χ3v) is 5.41. The fraction of sp³-hybridized carbons (Fsp3) is 0.304. The largest absolute Gasteiger partial charge is 0.505 e. The first-order valence-electron chi connectivity index (χ1n) is 9.60. The molecule has 0 spiro atoms. The summed E-state index contributed by atoms with van der Waals surface area (Å²) in [5, 5.41) is 10.8. The molecule has 0 unspecified atom stereocenters. The first kappa shape index (κ1) is 23.5. The average Bonchev–Trinajstić information content (AvgIpc) is 2.67. The van der Waals surface area contributed by atoms with Crippen LogP contribution in [0.4, 0.5) is 5.69 Å². The summed E-state index contributed by atoms with van der Waals surface area (Å²) in [6.07, 6.45) is 0. The number of phenols is 1. The Kier molecular flexibility index (Phi) is 7.31. The highest BCUT2D eigenvalue weighted by molar-refractivity contribution is 9.10. The topological polar surface area (TPSA) is 102 Å². The zero-order valence-corrected chi connectivity index (χ0v) is 19.8. The van der Waals surface area contributed by atoms with Gasteiger partial charge in [-0.1, -0.05) is 57.7 Å². The van der Waals surface area contributed by atoms with E-state index in [1.54, 1.807) is 12.1 Å². The first-order chi connectivity index (χ1) is 13.9. The number of benzene rings is 2. The van der Waals surface area contributed by atoms with E-state index in [1.807, 2.05) is 49.3 Å². The van der Waals surface area contributed by atoms with Gasteiger partial charge in [0.05, 0.1) is 5.56 Å². The van der Waals surface area contributed by atoms with Gasteiger partial charge in [-0.3, -0.25) is 10.7 Å². The molecule has 0 radical (unpaired) electrons. The molecule has 2 rings (SSSR count).